The summed E-state index contributed by atoms with van der Waals surface area (Å²) in [5.74, 6) is 0. The zero-order chi connectivity index (χ0) is 13.8. The van der Waals surface area contributed by atoms with Gasteiger partial charge in [-0.15, -0.1) is 11.3 Å². The molecule has 19 heavy (non-hydrogen) atoms. The summed E-state index contributed by atoms with van der Waals surface area (Å²) in [6.07, 6.45) is 1.13. The molecule has 1 atom stereocenters. The van der Waals surface area contributed by atoms with Crippen LogP contribution in [-0.4, -0.2) is 6.54 Å². The maximum Gasteiger partial charge on any atom is 0.0596 e. The van der Waals surface area contributed by atoms with Gasteiger partial charge >= 0.3 is 0 Å². The molecule has 1 unspecified atom stereocenters. The molecule has 1 N–H and O–H groups in total. The molecule has 0 saturated carbocycles. The van der Waals surface area contributed by atoms with Crippen molar-refractivity contribution in [2.45, 2.75) is 26.3 Å². The standard InChI is InChI=1S/C15H17Br2NS/c1-3-6-18-15(11-7-10(2)19-9-11)13-5-4-12(16)8-14(13)17/h4-5,7-9,15,18H,3,6H2,1-2H3. The number of nitrogens with one attached hydrogen (secondary N) is 1. The second-order valence-electron chi connectivity index (χ2n) is 4.54. The SMILES string of the molecule is CCCNC(c1csc(C)c1)c1ccc(Br)cc1Br. The minimum atomic E-state index is 0.257. The van der Waals surface area contributed by atoms with Gasteiger partial charge in [0.15, 0.2) is 0 Å². The third kappa shape index (κ3) is 3.91. The van der Waals surface area contributed by atoms with Gasteiger partial charge in [-0.1, -0.05) is 44.8 Å². The molecule has 0 bridgehead atoms. The smallest absolute Gasteiger partial charge is 0.0596 e. The zero-order valence-electron chi connectivity index (χ0n) is 11.0. The number of hydrogen-bond donors (Lipinski definition) is 1. The number of thiophene rings is 1. The van der Waals surface area contributed by atoms with Gasteiger partial charge in [0, 0.05) is 13.8 Å². The van der Waals surface area contributed by atoms with Crippen LogP contribution >= 0.6 is 43.2 Å². The first-order chi connectivity index (χ1) is 9.11. The molecule has 2 rings (SSSR count). The molecule has 1 aromatic heterocycles. The molecular weight excluding hydrogens is 386 g/mol. The Kier molecular flexibility index (Phi) is 5.63. The molecule has 0 spiro atoms. The van der Waals surface area contributed by atoms with Gasteiger partial charge in [-0.05, 0) is 54.6 Å². The maximum absolute atomic E-state index is 3.68. The molecule has 1 nitrogen and oxygen atoms in total. The van der Waals surface area contributed by atoms with Crippen molar-refractivity contribution < 1.29 is 0 Å². The van der Waals surface area contributed by atoms with Crippen molar-refractivity contribution in [2.24, 2.45) is 0 Å². The van der Waals surface area contributed by atoms with Gasteiger partial charge < -0.3 is 5.32 Å². The average Bonchev–Trinajstić information content (AvgIpc) is 2.78. The van der Waals surface area contributed by atoms with E-state index in [0.717, 1.165) is 21.9 Å². The largest absolute Gasteiger partial charge is 0.306 e. The third-order valence-electron chi connectivity index (χ3n) is 2.96. The molecule has 4 heteroatoms. The second-order valence-corrected chi connectivity index (χ2v) is 7.43. The van der Waals surface area contributed by atoms with Crippen molar-refractivity contribution in [3.63, 3.8) is 0 Å². The van der Waals surface area contributed by atoms with Crippen molar-refractivity contribution in [1.82, 2.24) is 5.32 Å². The quantitative estimate of drug-likeness (QED) is 0.679. The molecule has 0 fully saturated rings. The van der Waals surface area contributed by atoms with E-state index in [4.69, 9.17) is 0 Å². The van der Waals surface area contributed by atoms with Crippen LogP contribution in [0.2, 0.25) is 0 Å². The Morgan fingerprint density at radius 2 is 2.05 bits per heavy atom. The first-order valence-corrected chi connectivity index (χ1v) is 8.81. The minimum absolute atomic E-state index is 0.257. The molecule has 1 heterocycles. The van der Waals surface area contributed by atoms with E-state index in [9.17, 15) is 0 Å². The van der Waals surface area contributed by atoms with Crippen molar-refractivity contribution in [2.75, 3.05) is 6.54 Å². The number of hydrogen-bond acceptors (Lipinski definition) is 2. The Bertz CT molecular complexity index is 551. The fraction of sp³-hybridized carbons (Fsp3) is 0.333. The van der Waals surface area contributed by atoms with Gasteiger partial charge in [-0.3, -0.25) is 0 Å². The highest BCUT2D eigenvalue weighted by Crippen LogP contribution is 2.32. The van der Waals surface area contributed by atoms with E-state index in [-0.39, 0.29) is 6.04 Å². The predicted octanol–water partition coefficient (Wildman–Crippen LogP) is 5.67. The van der Waals surface area contributed by atoms with Crippen molar-refractivity contribution in [3.8, 4) is 0 Å². The van der Waals surface area contributed by atoms with Crippen molar-refractivity contribution in [1.29, 1.82) is 0 Å². The van der Waals surface area contributed by atoms with Crippen LogP contribution in [0.3, 0.4) is 0 Å². The molecule has 0 aliphatic carbocycles. The van der Waals surface area contributed by atoms with E-state index in [1.54, 1.807) is 11.3 Å². The van der Waals surface area contributed by atoms with Crippen LogP contribution < -0.4 is 5.32 Å². The fourth-order valence-electron chi connectivity index (χ4n) is 2.05. The Hall–Kier alpha value is -0.160. The lowest BCUT2D eigenvalue weighted by Crippen LogP contribution is -2.23. The zero-order valence-corrected chi connectivity index (χ0v) is 15.0. The molecule has 102 valence electrons. The van der Waals surface area contributed by atoms with Crippen molar-refractivity contribution >= 4 is 43.2 Å². The number of benzene rings is 1. The topological polar surface area (TPSA) is 12.0 Å². The summed E-state index contributed by atoms with van der Waals surface area (Å²) in [5, 5.41) is 5.88. The van der Waals surface area contributed by atoms with Crippen LogP contribution in [0.4, 0.5) is 0 Å². The highest BCUT2D eigenvalue weighted by atomic mass is 79.9. The summed E-state index contributed by atoms with van der Waals surface area (Å²) < 4.78 is 2.23. The van der Waals surface area contributed by atoms with Gasteiger partial charge in [0.25, 0.3) is 0 Å². The summed E-state index contributed by atoms with van der Waals surface area (Å²) in [6, 6.07) is 8.91. The lowest BCUT2D eigenvalue weighted by Gasteiger charge is -2.19. The Balaban J connectivity index is 2.36. The summed E-state index contributed by atoms with van der Waals surface area (Å²) in [7, 11) is 0. The Labute approximate surface area is 135 Å². The maximum atomic E-state index is 3.68. The van der Waals surface area contributed by atoms with Crippen LogP contribution in [0.25, 0.3) is 0 Å². The molecule has 2 aromatic rings. The van der Waals surface area contributed by atoms with Crippen LogP contribution in [0, 0.1) is 6.92 Å². The van der Waals surface area contributed by atoms with E-state index >= 15 is 0 Å². The van der Waals surface area contributed by atoms with E-state index in [1.165, 1.54) is 16.0 Å². The van der Waals surface area contributed by atoms with Gasteiger partial charge in [0.1, 0.15) is 0 Å². The normalized spacial score (nSPS) is 12.6. The lowest BCUT2D eigenvalue weighted by molar-refractivity contribution is 0.598. The van der Waals surface area contributed by atoms with Crippen LogP contribution in [-0.2, 0) is 0 Å². The van der Waals surface area contributed by atoms with Gasteiger partial charge in [-0.25, -0.2) is 0 Å². The van der Waals surface area contributed by atoms with Crippen molar-refractivity contribution in [3.05, 3.63) is 54.6 Å². The van der Waals surface area contributed by atoms with Gasteiger partial charge in [-0.2, -0.15) is 0 Å². The first kappa shape index (κ1) is 15.2. The molecule has 1 aromatic carbocycles. The van der Waals surface area contributed by atoms with E-state index in [2.05, 4.69) is 80.7 Å². The number of rotatable bonds is 5. The van der Waals surface area contributed by atoms with Gasteiger partial charge in [0.2, 0.25) is 0 Å². The second kappa shape index (κ2) is 7.02. The predicted molar refractivity (Wildman–Crippen MR) is 91.0 cm³/mol. The van der Waals surface area contributed by atoms with Crippen LogP contribution in [0.15, 0.2) is 38.6 Å². The summed E-state index contributed by atoms with van der Waals surface area (Å²) >= 11 is 8.99. The summed E-state index contributed by atoms with van der Waals surface area (Å²) in [5.41, 5.74) is 2.63. The monoisotopic (exact) mass is 401 g/mol. The summed E-state index contributed by atoms with van der Waals surface area (Å²) in [4.78, 5) is 1.35. The minimum Gasteiger partial charge on any atom is -0.306 e. The number of aryl methyl sites for hydroxylation is 1. The Morgan fingerprint density at radius 1 is 1.26 bits per heavy atom. The van der Waals surface area contributed by atoms with E-state index in [0.29, 0.717) is 0 Å². The van der Waals surface area contributed by atoms with Crippen LogP contribution in [0.5, 0.6) is 0 Å². The molecule has 0 aliphatic heterocycles. The molecular formula is C15H17Br2NS. The highest BCUT2D eigenvalue weighted by Gasteiger charge is 2.17. The lowest BCUT2D eigenvalue weighted by atomic mass is 10.0. The molecule has 0 radical (unpaired) electrons. The van der Waals surface area contributed by atoms with E-state index < -0.39 is 0 Å². The Morgan fingerprint density at radius 3 is 2.63 bits per heavy atom. The third-order valence-corrected chi connectivity index (χ3v) is 5.02. The molecule has 0 aliphatic rings. The molecule has 0 saturated heterocycles. The molecule has 0 amide bonds. The van der Waals surface area contributed by atoms with Crippen LogP contribution in [0.1, 0.15) is 35.4 Å². The average molecular weight is 403 g/mol. The van der Waals surface area contributed by atoms with Gasteiger partial charge in [0.05, 0.1) is 6.04 Å². The summed E-state index contributed by atoms with van der Waals surface area (Å²) in [6.45, 7) is 5.36. The highest BCUT2D eigenvalue weighted by molar-refractivity contribution is 9.11. The van der Waals surface area contributed by atoms with E-state index in [1.807, 2.05) is 0 Å². The fourth-order valence-corrected chi connectivity index (χ4v) is 4.05. The first-order valence-electron chi connectivity index (χ1n) is 6.35. The number of halogens is 2.